The number of ether oxygens (including phenoxy) is 1. The number of halogens is 1. The topological polar surface area (TPSA) is 77.1 Å². The van der Waals surface area contributed by atoms with Gasteiger partial charge in [-0.05, 0) is 68.1 Å². The van der Waals surface area contributed by atoms with Crippen LogP contribution in [0, 0.1) is 5.41 Å². The molecule has 2 saturated heterocycles. The number of piperidine rings is 1. The number of hydrazine groups is 1. The van der Waals surface area contributed by atoms with E-state index in [0.29, 0.717) is 29.3 Å². The molecule has 3 rings (SSSR count). The van der Waals surface area contributed by atoms with E-state index in [0.717, 1.165) is 12.8 Å². The zero-order valence-electron chi connectivity index (χ0n) is 17.4. The van der Waals surface area contributed by atoms with Gasteiger partial charge in [-0.3, -0.25) is 15.0 Å². The van der Waals surface area contributed by atoms with Crippen LogP contribution in [-0.4, -0.2) is 34.9 Å². The molecule has 2 bridgehead atoms. The normalized spacial score (nSPS) is 31.5. The van der Waals surface area contributed by atoms with Gasteiger partial charge in [-0.2, -0.15) is 5.01 Å². The summed E-state index contributed by atoms with van der Waals surface area (Å²) in [4.78, 5) is 37.8. The number of esters is 1. The van der Waals surface area contributed by atoms with Gasteiger partial charge >= 0.3 is 5.97 Å². The monoisotopic (exact) mass is 468 g/mol. The Morgan fingerprint density at radius 3 is 2.59 bits per heavy atom. The molecule has 2 aliphatic rings. The SMILES string of the molecule is CCCCC1(C(=O)OCC)CCC2(C)OOC1(C)N2NC(=O)c1ccccc1Br. The van der Waals surface area contributed by atoms with Crippen molar-refractivity contribution >= 4 is 27.8 Å². The Hall–Kier alpha value is -1.48. The Labute approximate surface area is 180 Å². The molecule has 1 amide bonds. The molecular formula is C21H29BrN2O5. The Balaban J connectivity index is 1.99. The highest BCUT2D eigenvalue weighted by molar-refractivity contribution is 9.10. The summed E-state index contributed by atoms with van der Waals surface area (Å²) in [6.07, 6.45) is 3.42. The maximum atomic E-state index is 13.2. The van der Waals surface area contributed by atoms with Crippen LogP contribution < -0.4 is 5.43 Å². The van der Waals surface area contributed by atoms with Gasteiger partial charge in [-0.25, -0.2) is 9.78 Å². The lowest BCUT2D eigenvalue weighted by molar-refractivity contribution is -0.351. The number of hydrogen-bond acceptors (Lipinski definition) is 6. The van der Waals surface area contributed by atoms with E-state index >= 15 is 0 Å². The number of carbonyl (C=O) groups excluding carboxylic acids is 2. The van der Waals surface area contributed by atoms with Gasteiger partial charge in [0.25, 0.3) is 5.91 Å². The summed E-state index contributed by atoms with van der Waals surface area (Å²) in [6.45, 7) is 7.80. The average molecular weight is 469 g/mol. The molecule has 1 aromatic rings. The molecule has 29 heavy (non-hydrogen) atoms. The Kier molecular flexibility index (Phi) is 6.38. The van der Waals surface area contributed by atoms with Gasteiger partial charge in [-0.1, -0.05) is 31.9 Å². The number of nitrogens with zero attached hydrogens (tertiary/aromatic N) is 1. The number of rotatable bonds is 7. The zero-order valence-corrected chi connectivity index (χ0v) is 19.0. The molecule has 160 valence electrons. The van der Waals surface area contributed by atoms with Gasteiger partial charge in [0.2, 0.25) is 0 Å². The molecule has 2 fully saturated rings. The smallest absolute Gasteiger partial charge is 0.316 e. The van der Waals surface area contributed by atoms with Gasteiger partial charge < -0.3 is 4.74 Å². The third-order valence-electron chi connectivity index (χ3n) is 6.14. The predicted octanol–water partition coefficient (Wildman–Crippen LogP) is 4.32. The van der Waals surface area contributed by atoms with E-state index in [-0.39, 0.29) is 18.5 Å². The lowest BCUT2D eigenvalue weighted by Crippen LogP contribution is -2.71. The number of unbranched alkanes of at least 4 members (excludes halogenated alkanes) is 1. The van der Waals surface area contributed by atoms with Crippen LogP contribution in [0.2, 0.25) is 0 Å². The quantitative estimate of drug-likeness (QED) is 0.474. The van der Waals surface area contributed by atoms with Gasteiger partial charge in [0.15, 0.2) is 11.4 Å². The molecule has 0 radical (unpaired) electrons. The van der Waals surface area contributed by atoms with E-state index in [1.807, 2.05) is 13.0 Å². The highest BCUT2D eigenvalue weighted by Crippen LogP contribution is 2.57. The fourth-order valence-corrected chi connectivity index (χ4v) is 4.82. The van der Waals surface area contributed by atoms with E-state index in [9.17, 15) is 9.59 Å². The summed E-state index contributed by atoms with van der Waals surface area (Å²) in [5, 5.41) is 1.66. The molecule has 3 unspecified atom stereocenters. The number of hydrogen-bond donors (Lipinski definition) is 1. The first-order chi connectivity index (χ1) is 13.7. The Morgan fingerprint density at radius 1 is 1.21 bits per heavy atom. The number of amides is 1. The van der Waals surface area contributed by atoms with E-state index in [1.54, 1.807) is 37.1 Å². The van der Waals surface area contributed by atoms with Gasteiger partial charge in [0.05, 0.1) is 12.2 Å². The first-order valence-electron chi connectivity index (χ1n) is 10.1. The largest absolute Gasteiger partial charge is 0.465 e. The zero-order chi connectivity index (χ0) is 21.3. The summed E-state index contributed by atoms with van der Waals surface area (Å²) in [5.41, 5.74) is 0.415. The van der Waals surface area contributed by atoms with Crippen molar-refractivity contribution in [3.05, 3.63) is 34.3 Å². The fourth-order valence-electron chi connectivity index (χ4n) is 4.35. The van der Waals surface area contributed by atoms with E-state index < -0.39 is 16.9 Å². The predicted molar refractivity (Wildman–Crippen MR) is 110 cm³/mol. The molecule has 1 aromatic carbocycles. The van der Waals surface area contributed by atoms with Crippen molar-refractivity contribution in [2.24, 2.45) is 5.41 Å². The second-order valence-corrected chi connectivity index (χ2v) is 8.84. The maximum Gasteiger partial charge on any atom is 0.316 e. The second-order valence-electron chi connectivity index (χ2n) is 7.99. The van der Waals surface area contributed by atoms with Crippen LogP contribution in [0.15, 0.2) is 28.7 Å². The Bertz CT molecular complexity index is 790. The molecule has 7 nitrogen and oxygen atoms in total. The third kappa shape index (κ3) is 3.60. The minimum atomic E-state index is -1.20. The van der Waals surface area contributed by atoms with Crippen molar-refractivity contribution < 1.29 is 24.1 Å². The van der Waals surface area contributed by atoms with Crippen molar-refractivity contribution in [3.63, 3.8) is 0 Å². The van der Waals surface area contributed by atoms with Crippen LogP contribution in [0.25, 0.3) is 0 Å². The van der Waals surface area contributed by atoms with Crippen LogP contribution in [-0.2, 0) is 19.3 Å². The lowest BCUT2D eigenvalue weighted by atomic mass is 9.66. The Morgan fingerprint density at radius 2 is 1.93 bits per heavy atom. The highest BCUT2D eigenvalue weighted by Gasteiger charge is 2.71. The molecule has 1 N–H and O–H groups in total. The van der Waals surface area contributed by atoms with Crippen molar-refractivity contribution in [2.75, 3.05) is 6.61 Å². The van der Waals surface area contributed by atoms with E-state index in [2.05, 4.69) is 28.3 Å². The number of benzene rings is 1. The first kappa shape index (κ1) is 22.2. The first-order valence-corrected chi connectivity index (χ1v) is 10.9. The summed E-state index contributed by atoms with van der Waals surface area (Å²) < 4.78 is 6.15. The summed E-state index contributed by atoms with van der Waals surface area (Å²) >= 11 is 3.42. The van der Waals surface area contributed by atoms with Crippen LogP contribution in [0.5, 0.6) is 0 Å². The molecule has 0 saturated carbocycles. The molecule has 0 aromatic heterocycles. The van der Waals surface area contributed by atoms with E-state index in [1.165, 1.54) is 0 Å². The maximum absolute atomic E-state index is 13.2. The molecule has 8 heteroatoms. The van der Waals surface area contributed by atoms with Crippen molar-refractivity contribution in [3.8, 4) is 0 Å². The summed E-state index contributed by atoms with van der Waals surface area (Å²) in [5.74, 6) is -0.622. The second kappa shape index (κ2) is 8.34. The lowest BCUT2D eigenvalue weighted by Gasteiger charge is -2.52. The van der Waals surface area contributed by atoms with Crippen LogP contribution in [0.3, 0.4) is 0 Å². The van der Waals surface area contributed by atoms with Crippen LogP contribution in [0.1, 0.15) is 70.2 Å². The molecule has 0 aliphatic carbocycles. The summed E-state index contributed by atoms with van der Waals surface area (Å²) in [7, 11) is 0. The summed E-state index contributed by atoms with van der Waals surface area (Å²) in [6, 6.07) is 7.18. The van der Waals surface area contributed by atoms with Crippen molar-refractivity contribution in [1.82, 2.24) is 10.4 Å². The molecule has 2 aliphatic heterocycles. The van der Waals surface area contributed by atoms with Crippen molar-refractivity contribution in [2.45, 2.75) is 71.2 Å². The van der Waals surface area contributed by atoms with Gasteiger partial charge in [0, 0.05) is 4.47 Å². The minimum absolute atomic E-state index is 0.282. The van der Waals surface area contributed by atoms with Crippen molar-refractivity contribution in [1.29, 1.82) is 0 Å². The third-order valence-corrected chi connectivity index (χ3v) is 6.83. The van der Waals surface area contributed by atoms with Gasteiger partial charge in [-0.15, -0.1) is 0 Å². The van der Waals surface area contributed by atoms with Crippen LogP contribution >= 0.6 is 15.9 Å². The molecule has 2 heterocycles. The highest BCUT2D eigenvalue weighted by atomic mass is 79.9. The average Bonchev–Trinajstić information content (AvgIpc) is 2.87. The van der Waals surface area contributed by atoms with E-state index in [4.69, 9.17) is 14.5 Å². The standard InChI is InChI=1S/C21H29BrN2O5/c1-5-7-12-21(18(26)27-6-2)14-13-19(3)24(20(21,4)29-28-19)23-17(25)15-10-8-9-11-16(15)22/h8-11H,5-7,12-14H2,1-4H3,(H,23,25). The molecular weight excluding hydrogens is 440 g/mol. The molecule has 0 spiro atoms. The molecule has 3 atom stereocenters. The minimum Gasteiger partial charge on any atom is -0.465 e. The number of fused-ring (bicyclic) bond motifs is 2. The number of nitrogens with one attached hydrogen (secondary N) is 1. The fraction of sp³-hybridized carbons (Fsp3) is 0.619. The number of carbonyl (C=O) groups is 2. The van der Waals surface area contributed by atoms with Crippen LogP contribution in [0.4, 0.5) is 0 Å². The van der Waals surface area contributed by atoms with Gasteiger partial charge in [0.1, 0.15) is 5.41 Å².